The quantitative estimate of drug-likeness (QED) is 0.235. The summed E-state index contributed by atoms with van der Waals surface area (Å²) in [4.78, 5) is 19.1. The topological polar surface area (TPSA) is 108 Å². The van der Waals surface area contributed by atoms with Crippen LogP contribution < -0.4 is 14.2 Å². The maximum Gasteiger partial charge on any atom is 0.342 e. The minimum Gasteiger partial charge on any atom is -0.496 e. The first-order valence-corrected chi connectivity index (χ1v) is 15.6. The molecule has 1 fully saturated rings. The van der Waals surface area contributed by atoms with Crippen molar-refractivity contribution >= 4 is 5.97 Å². The first kappa shape index (κ1) is 30.6. The van der Waals surface area contributed by atoms with Gasteiger partial charge in [-0.05, 0) is 68.0 Å². The SMILES string of the molecule is CCOc1c(C(=O)O)cnn1-c1cccc(-c2cccc(C)c2OCCc2ccc3c(c2OC)CCN(C2CCOCC2)C3)n1. The smallest absolute Gasteiger partial charge is 0.342 e. The Hall–Kier alpha value is -4.41. The Morgan fingerprint density at radius 1 is 1.07 bits per heavy atom. The van der Waals surface area contributed by atoms with Crippen LogP contribution in [-0.4, -0.2) is 76.9 Å². The van der Waals surface area contributed by atoms with Crippen molar-refractivity contribution in [1.82, 2.24) is 19.7 Å². The van der Waals surface area contributed by atoms with Gasteiger partial charge < -0.3 is 24.1 Å². The van der Waals surface area contributed by atoms with Crippen LogP contribution in [-0.2, 0) is 24.1 Å². The van der Waals surface area contributed by atoms with Crippen molar-refractivity contribution in [2.75, 3.05) is 40.1 Å². The summed E-state index contributed by atoms with van der Waals surface area (Å²) in [5, 5.41) is 13.8. The number of aromatic nitrogens is 3. The molecule has 236 valence electrons. The van der Waals surface area contributed by atoms with Gasteiger partial charge in [-0.1, -0.05) is 30.3 Å². The van der Waals surface area contributed by atoms with E-state index in [0.717, 1.165) is 73.8 Å². The zero-order valence-electron chi connectivity index (χ0n) is 26.1. The van der Waals surface area contributed by atoms with Gasteiger partial charge in [0.25, 0.3) is 0 Å². The molecular formula is C35H40N4O6. The number of fused-ring (bicyclic) bond motifs is 1. The third-order valence-corrected chi connectivity index (χ3v) is 8.67. The number of aryl methyl sites for hydroxylation is 1. The third-order valence-electron chi connectivity index (χ3n) is 8.67. The summed E-state index contributed by atoms with van der Waals surface area (Å²) < 4.78 is 25.1. The molecular weight excluding hydrogens is 572 g/mol. The van der Waals surface area contributed by atoms with Gasteiger partial charge in [0, 0.05) is 49.9 Å². The van der Waals surface area contributed by atoms with Gasteiger partial charge in [-0.15, -0.1) is 0 Å². The molecule has 0 spiro atoms. The molecule has 0 bridgehead atoms. The number of carboxylic acids is 1. The Labute approximate surface area is 263 Å². The fourth-order valence-electron chi connectivity index (χ4n) is 6.43. The zero-order chi connectivity index (χ0) is 31.3. The Bertz CT molecular complexity index is 1660. The van der Waals surface area contributed by atoms with Crippen molar-refractivity contribution < 1.29 is 28.8 Å². The summed E-state index contributed by atoms with van der Waals surface area (Å²) in [6.07, 6.45) is 5.16. The van der Waals surface area contributed by atoms with Crippen LogP contribution in [0.1, 0.15) is 52.4 Å². The second kappa shape index (κ2) is 13.7. The van der Waals surface area contributed by atoms with Crippen molar-refractivity contribution in [1.29, 1.82) is 0 Å². The zero-order valence-corrected chi connectivity index (χ0v) is 26.1. The van der Waals surface area contributed by atoms with Crippen LogP contribution in [0, 0.1) is 6.92 Å². The number of methoxy groups -OCH3 is 1. The summed E-state index contributed by atoms with van der Waals surface area (Å²) in [6.45, 7) is 8.28. The molecule has 2 aromatic heterocycles. The van der Waals surface area contributed by atoms with Crippen LogP contribution >= 0.6 is 0 Å². The van der Waals surface area contributed by atoms with Gasteiger partial charge in [-0.3, -0.25) is 4.90 Å². The fourth-order valence-corrected chi connectivity index (χ4v) is 6.43. The molecule has 0 aliphatic carbocycles. The number of ether oxygens (including phenoxy) is 4. The number of rotatable bonds is 11. The second-order valence-electron chi connectivity index (χ2n) is 11.4. The highest BCUT2D eigenvalue weighted by Crippen LogP contribution is 2.36. The van der Waals surface area contributed by atoms with Crippen LogP contribution in [0.15, 0.2) is 54.7 Å². The number of para-hydroxylation sites is 1. The minimum absolute atomic E-state index is 0.0158. The van der Waals surface area contributed by atoms with Crippen LogP contribution in [0.5, 0.6) is 17.4 Å². The van der Waals surface area contributed by atoms with E-state index in [4.69, 9.17) is 23.9 Å². The van der Waals surface area contributed by atoms with Gasteiger partial charge in [0.05, 0.1) is 32.2 Å². The fraction of sp³-hybridized carbons (Fsp3) is 0.400. The second-order valence-corrected chi connectivity index (χ2v) is 11.4. The highest BCUT2D eigenvalue weighted by atomic mass is 16.5. The van der Waals surface area contributed by atoms with Crippen LogP contribution in [0.25, 0.3) is 17.1 Å². The molecule has 45 heavy (non-hydrogen) atoms. The lowest BCUT2D eigenvalue weighted by Gasteiger charge is -2.38. The van der Waals surface area contributed by atoms with Gasteiger partial charge in [0.15, 0.2) is 5.82 Å². The summed E-state index contributed by atoms with van der Waals surface area (Å²) in [6, 6.07) is 16.6. The first-order chi connectivity index (χ1) is 22.0. The normalized spacial score (nSPS) is 15.4. The van der Waals surface area contributed by atoms with E-state index < -0.39 is 5.97 Å². The van der Waals surface area contributed by atoms with Crippen LogP contribution in [0.2, 0.25) is 0 Å². The number of nitrogens with zero attached hydrogens (tertiary/aromatic N) is 4. The Kier molecular flexibility index (Phi) is 9.32. The maximum atomic E-state index is 11.7. The van der Waals surface area contributed by atoms with Crippen LogP contribution in [0.3, 0.4) is 0 Å². The standard InChI is InChI=1S/C35H40N4O6/c1-4-44-34-29(35(40)41)21-36-39(34)31-10-6-9-30(37-31)28-8-5-7-23(2)32(28)45-20-14-24-11-12-25-22-38(26-15-18-43-19-16-26)17-13-27(25)33(24)42-3/h5-12,21,26H,4,13-20,22H2,1-3H3,(H,40,41). The molecule has 2 aromatic carbocycles. The highest BCUT2D eigenvalue weighted by Gasteiger charge is 2.28. The van der Waals surface area contributed by atoms with Gasteiger partial charge >= 0.3 is 5.97 Å². The Balaban J connectivity index is 1.20. The van der Waals surface area contributed by atoms with Crippen molar-refractivity contribution in [3.8, 4) is 34.5 Å². The third kappa shape index (κ3) is 6.39. The van der Waals surface area contributed by atoms with Crippen molar-refractivity contribution in [3.05, 3.63) is 82.5 Å². The number of hydrogen-bond acceptors (Lipinski definition) is 8. The number of hydrogen-bond donors (Lipinski definition) is 1. The molecule has 0 radical (unpaired) electrons. The number of carbonyl (C=O) groups is 1. The van der Waals surface area contributed by atoms with Gasteiger partial charge in [0.1, 0.15) is 17.1 Å². The van der Waals surface area contributed by atoms with E-state index >= 15 is 0 Å². The highest BCUT2D eigenvalue weighted by molar-refractivity contribution is 5.90. The summed E-state index contributed by atoms with van der Waals surface area (Å²) in [5.74, 6) is 1.22. The molecule has 0 saturated carbocycles. The van der Waals surface area contributed by atoms with Gasteiger partial charge in [-0.2, -0.15) is 9.78 Å². The molecule has 0 unspecified atom stereocenters. The number of aromatic carboxylic acids is 1. The lowest BCUT2D eigenvalue weighted by Crippen LogP contribution is -2.42. The van der Waals surface area contributed by atoms with E-state index in [1.807, 2.05) is 37.3 Å². The Morgan fingerprint density at radius 2 is 1.89 bits per heavy atom. The van der Waals surface area contributed by atoms with Crippen LogP contribution in [0.4, 0.5) is 0 Å². The number of pyridine rings is 1. The predicted molar refractivity (Wildman–Crippen MR) is 170 cm³/mol. The van der Waals surface area contributed by atoms with Crippen molar-refractivity contribution in [2.24, 2.45) is 0 Å². The molecule has 0 atom stereocenters. The molecule has 6 rings (SSSR count). The average Bonchev–Trinajstić information content (AvgIpc) is 3.49. The van der Waals surface area contributed by atoms with E-state index in [1.54, 1.807) is 20.1 Å². The summed E-state index contributed by atoms with van der Waals surface area (Å²) in [7, 11) is 1.76. The molecule has 10 heteroatoms. The molecule has 0 amide bonds. The molecule has 1 saturated heterocycles. The van der Waals surface area contributed by atoms with Crippen molar-refractivity contribution in [3.63, 3.8) is 0 Å². The average molecular weight is 613 g/mol. The Morgan fingerprint density at radius 3 is 2.67 bits per heavy atom. The molecule has 4 heterocycles. The molecule has 1 N–H and O–H groups in total. The van der Waals surface area contributed by atoms with E-state index in [2.05, 4.69) is 22.1 Å². The predicted octanol–water partition coefficient (Wildman–Crippen LogP) is 5.51. The lowest BCUT2D eigenvalue weighted by atomic mass is 9.93. The monoisotopic (exact) mass is 612 g/mol. The van der Waals surface area contributed by atoms with E-state index in [-0.39, 0.29) is 11.4 Å². The first-order valence-electron chi connectivity index (χ1n) is 15.6. The minimum atomic E-state index is -1.11. The molecule has 2 aliphatic rings. The number of carboxylic acid groups (broad SMARTS) is 1. The van der Waals surface area contributed by atoms with E-state index in [0.29, 0.717) is 37.2 Å². The molecule has 2 aliphatic heterocycles. The van der Waals surface area contributed by atoms with Gasteiger partial charge in [-0.25, -0.2) is 9.78 Å². The largest absolute Gasteiger partial charge is 0.496 e. The molecule has 10 nitrogen and oxygen atoms in total. The molecule has 4 aromatic rings. The summed E-state index contributed by atoms with van der Waals surface area (Å²) >= 11 is 0. The summed E-state index contributed by atoms with van der Waals surface area (Å²) in [5.41, 5.74) is 6.30. The van der Waals surface area contributed by atoms with Gasteiger partial charge in [0.2, 0.25) is 5.88 Å². The maximum absolute atomic E-state index is 11.7. The van der Waals surface area contributed by atoms with E-state index in [1.165, 1.54) is 22.0 Å². The lowest BCUT2D eigenvalue weighted by molar-refractivity contribution is 0.0289. The van der Waals surface area contributed by atoms with E-state index in [9.17, 15) is 9.90 Å². The number of benzene rings is 2. The van der Waals surface area contributed by atoms with Crippen molar-refractivity contribution in [2.45, 2.75) is 52.1 Å².